The van der Waals surface area contributed by atoms with Crippen molar-refractivity contribution in [2.24, 2.45) is 0 Å². The van der Waals surface area contributed by atoms with Crippen LogP contribution in [0.3, 0.4) is 0 Å². The van der Waals surface area contributed by atoms with E-state index in [0.717, 1.165) is 59.0 Å². The van der Waals surface area contributed by atoms with Crippen LogP contribution in [0.1, 0.15) is 42.2 Å². The van der Waals surface area contributed by atoms with E-state index in [1.54, 1.807) is 0 Å². The van der Waals surface area contributed by atoms with Gasteiger partial charge in [-0.3, -0.25) is 0 Å². The lowest BCUT2D eigenvalue weighted by Gasteiger charge is -2.25. The number of H-pyrrole nitrogens is 1. The van der Waals surface area contributed by atoms with Crippen LogP contribution in [0, 0.1) is 5.82 Å². The normalized spacial score (nSPS) is 16.8. The number of hydrogen-bond donors (Lipinski definition) is 3. The summed E-state index contributed by atoms with van der Waals surface area (Å²) in [7, 11) is 0. The number of benzene rings is 3. The third-order valence-electron chi connectivity index (χ3n) is 6.48. The molecule has 3 N–H and O–H groups in total. The summed E-state index contributed by atoms with van der Waals surface area (Å²) in [6.45, 7) is 0.700. The van der Waals surface area contributed by atoms with Gasteiger partial charge in [-0.25, -0.2) is 4.39 Å². The summed E-state index contributed by atoms with van der Waals surface area (Å²) in [5.74, 6) is -0.227. The first kappa shape index (κ1) is 21.2. The molecule has 0 amide bonds. The van der Waals surface area contributed by atoms with Crippen LogP contribution in [0.4, 0.5) is 4.39 Å². The number of aliphatic hydroxyl groups excluding tert-OH is 1. The smallest absolute Gasteiger partial charge is 0.147 e. The Kier molecular flexibility index (Phi) is 6.01. The summed E-state index contributed by atoms with van der Waals surface area (Å²) in [4.78, 5) is 3.37. The van der Waals surface area contributed by atoms with Gasteiger partial charge in [0.2, 0.25) is 0 Å². The van der Waals surface area contributed by atoms with Crippen LogP contribution in [0.15, 0.2) is 66.7 Å². The molecule has 0 saturated carbocycles. The van der Waals surface area contributed by atoms with Crippen molar-refractivity contribution in [1.82, 2.24) is 10.3 Å². The highest BCUT2D eigenvalue weighted by Crippen LogP contribution is 2.37. The Morgan fingerprint density at radius 2 is 1.81 bits per heavy atom. The van der Waals surface area contributed by atoms with Gasteiger partial charge in [-0.2, -0.15) is 0 Å². The second-order valence-corrected chi connectivity index (χ2v) is 9.01. The van der Waals surface area contributed by atoms with Crippen LogP contribution in [0.5, 0.6) is 0 Å². The molecule has 0 aliphatic carbocycles. The van der Waals surface area contributed by atoms with Crippen molar-refractivity contribution in [3.8, 4) is 11.1 Å². The highest BCUT2D eigenvalue weighted by molar-refractivity contribution is 6.30. The van der Waals surface area contributed by atoms with Gasteiger partial charge < -0.3 is 15.4 Å². The number of halogens is 2. The maximum Gasteiger partial charge on any atom is 0.147 e. The molecule has 4 aromatic rings. The van der Waals surface area contributed by atoms with Crippen molar-refractivity contribution in [2.75, 3.05) is 0 Å². The second-order valence-electron chi connectivity index (χ2n) is 8.57. The molecule has 164 valence electrons. The third-order valence-corrected chi connectivity index (χ3v) is 6.74. The van der Waals surface area contributed by atoms with Gasteiger partial charge in [-0.05, 0) is 59.7 Å². The van der Waals surface area contributed by atoms with Gasteiger partial charge in [0, 0.05) is 35.1 Å². The van der Waals surface area contributed by atoms with Gasteiger partial charge in [0.25, 0.3) is 0 Å². The molecule has 0 radical (unpaired) electrons. The molecule has 0 bridgehead atoms. The van der Waals surface area contributed by atoms with E-state index in [4.69, 9.17) is 11.6 Å². The lowest BCUT2D eigenvalue weighted by molar-refractivity contribution is 0.162. The fraction of sp³-hybridized carbons (Fsp3) is 0.259. The lowest BCUT2D eigenvalue weighted by Crippen LogP contribution is -2.35. The number of rotatable bonds is 6. The van der Waals surface area contributed by atoms with E-state index in [1.807, 2.05) is 60.7 Å². The standard InChI is InChI=1S/C27H26ClFN2O/c28-19-11-9-17(10-12-19)21-13-14-23(29)27-26(21)22-16-30-20(15-24(22)31-27)7-4-8-25(32)18-5-2-1-3-6-18/h1-3,5-6,9-14,20,25,30-32H,4,7-8,15-16H2. The topological polar surface area (TPSA) is 48.0 Å². The Balaban J connectivity index is 1.33. The molecule has 1 aliphatic heterocycles. The van der Waals surface area contributed by atoms with E-state index in [9.17, 15) is 9.50 Å². The Morgan fingerprint density at radius 3 is 2.59 bits per heavy atom. The van der Waals surface area contributed by atoms with Gasteiger partial charge >= 0.3 is 0 Å². The van der Waals surface area contributed by atoms with Crippen LogP contribution < -0.4 is 5.32 Å². The first-order valence-electron chi connectivity index (χ1n) is 11.1. The third kappa shape index (κ3) is 4.18. The predicted octanol–water partition coefficient (Wildman–Crippen LogP) is 6.55. The maximum atomic E-state index is 14.7. The number of aliphatic hydroxyl groups is 1. The van der Waals surface area contributed by atoms with Crippen molar-refractivity contribution in [3.63, 3.8) is 0 Å². The quantitative estimate of drug-likeness (QED) is 0.313. The zero-order valence-electron chi connectivity index (χ0n) is 17.7. The van der Waals surface area contributed by atoms with Crippen LogP contribution >= 0.6 is 11.6 Å². The first-order chi connectivity index (χ1) is 15.6. The number of nitrogens with one attached hydrogen (secondary N) is 2. The SMILES string of the molecule is OC(CCCC1Cc2[nH]c3c(F)ccc(-c4ccc(Cl)cc4)c3c2CN1)c1ccccc1. The van der Waals surface area contributed by atoms with Crippen molar-refractivity contribution >= 4 is 22.5 Å². The monoisotopic (exact) mass is 448 g/mol. The molecule has 3 aromatic carbocycles. The minimum Gasteiger partial charge on any atom is -0.388 e. The van der Waals surface area contributed by atoms with Gasteiger partial charge in [0.15, 0.2) is 0 Å². The summed E-state index contributed by atoms with van der Waals surface area (Å²) in [5.41, 5.74) is 5.83. The van der Waals surface area contributed by atoms with Crippen molar-refractivity contribution in [1.29, 1.82) is 0 Å². The zero-order chi connectivity index (χ0) is 22.1. The van der Waals surface area contributed by atoms with Gasteiger partial charge in [0.1, 0.15) is 5.82 Å². The molecule has 1 aliphatic rings. The summed E-state index contributed by atoms with van der Waals surface area (Å²) in [5, 5.41) is 15.7. The van der Waals surface area contributed by atoms with Crippen LogP contribution in [-0.4, -0.2) is 16.1 Å². The maximum absolute atomic E-state index is 14.7. The molecule has 2 heterocycles. The molecular weight excluding hydrogens is 423 g/mol. The highest BCUT2D eigenvalue weighted by atomic mass is 35.5. The lowest BCUT2D eigenvalue weighted by atomic mass is 9.93. The zero-order valence-corrected chi connectivity index (χ0v) is 18.5. The van der Waals surface area contributed by atoms with Crippen LogP contribution in [0.25, 0.3) is 22.0 Å². The molecule has 3 nitrogen and oxygen atoms in total. The average Bonchev–Trinajstić information content (AvgIpc) is 3.20. The minimum atomic E-state index is -0.431. The fourth-order valence-corrected chi connectivity index (χ4v) is 4.92. The number of hydrogen-bond acceptors (Lipinski definition) is 2. The van der Waals surface area contributed by atoms with Crippen molar-refractivity contribution in [3.05, 3.63) is 94.4 Å². The van der Waals surface area contributed by atoms with Crippen molar-refractivity contribution in [2.45, 2.75) is 44.4 Å². The molecule has 0 spiro atoms. The van der Waals surface area contributed by atoms with Gasteiger partial charge in [-0.15, -0.1) is 0 Å². The van der Waals surface area contributed by atoms with Gasteiger partial charge in [0.05, 0.1) is 11.6 Å². The van der Waals surface area contributed by atoms with Gasteiger partial charge in [-0.1, -0.05) is 60.1 Å². The molecule has 0 fully saturated rings. The van der Waals surface area contributed by atoms with E-state index < -0.39 is 6.10 Å². The number of fused-ring (bicyclic) bond motifs is 3. The molecular formula is C27H26ClFN2O. The van der Waals surface area contributed by atoms with Crippen LogP contribution in [-0.2, 0) is 13.0 Å². The Morgan fingerprint density at radius 1 is 1.03 bits per heavy atom. The number of aromatic amines is 1. The van der Waals surface area contributed by atoms with E-state index in [2.05, 4.69) is 10.3 Å². The summed E-state index contributed by atoms with van der Waals surface area (Å²) >= 11 is 6.06. The molecule has 2 unspecified atom stereocenters. The van der Waals surface area contributed by atoms with E-state index in [1.165, 1.54) is 6.07 Å². The molecule has 1 aromatic heterocycles. The molecule has 5 rings (SSSR count). The molecule has 5 heteroatoms. The van der Waals surface area contributed by atoms with E-state index in [0.29, 0.717) is 23.1 Å². The Labute approximate surface area is 192 Å². The summed E-state index contributed by atoms with van der Waals surface area (Å²) < 4.78 is 14.7. The first-order valence-corrected chi connectivity index (χ1v) is 11.5. The Hall–Kier alpha value is -2.66. The minimum absolute atomic E-state index is 0.227. The average molecular weight is 449 g/mol. The van der Waals surface area contributed by atoms with E-state index in [-0.39, 0.29) is 5.82 Å². The Bertz CT molecular complexity index is 1220. The van der Waals surface area contributed by atoms with Crippen molar-refractivity contribution < 1.29 is 9.50 Å². The summed E-state index contributed by atoms with van der Waals surface area (Å²) in [6.07, 6.45) is 3.01. The largest absolute Gasteiger partial charge is 0.388 e. The summed E-state index contributed by atoms with van der Waals surface area (Å²) in [6, 6.07) is 21.2. The molecule has 32 heavy (non-hydrogen) atoms. The fourth-order valence-electron chi connectivity index (χ4n) is 4.80. The molecule has 2 atom stereocenters. The number of aromatic nitrogens is 1. The second kappa shape index (κ2) is 9.07. The molecule has 0 saturated heterocycles. The highest BCUT2D eigenvalue weighted by Gasteiger charge is 2.25. The predicted molar refractivity (Wildman–Crippen MR) is 128 cm³/mol. The van der Waals surface area contributed by atoms with E-state index >= 15 is 0 Å². The van der Waals surface area contributed by atoms with Crippen LogP contribution in [0.2, 0.25) is 5.02 Å².